The average Bonchev–Trinajstić information content (AvgIpc) is 2.39. The molecule has 0 amide bonds. The number of esters is 1. The molecule has 1 aromatic rings. The molecule has 102 valence electrons. The van der Waals surface area contributed by atoms with Gasteiger partial charge in [-0.2, -0.15) is 0 Å². The fourth-order valence-corrected chi connectivity index (χ4v) is 2.05. The van der Waals surface area contributed by atoms with Gasteiger partial charge in [0.1, 0.15) is 5.75 Å². The first-order chi connectivity index (χ1) is 9.24. The van der Waals surface area contributed by atoms with Crippen LogP contribution in [0.5, 0.6) is 5.75 Å². The molecular formula is C15H19NO3. The summed E-state index contributed by atoms with van der Waals surface area (Å²) in [5.41, 5.74) is 3.71. The Kier molecular flexibility index (Phi) is 4.58. The van der Waals surface area contributed by atoms with Crippen molar-refractivity contribution >= 4 is 17.6 Å². The van der Waals surface area contributed by atoms with E-state index in [2.05, 4.69) is 17.5 Å². The quantitative estimate of drug-likeness (QED) is 0.603. The van der Waals surface area contributed by atoms with Crippen LogP contribution in [0.15, 0.2) is 18.2 Å². The standard InChI is InChI=1S/C15H19NO3/c1-3-19-15(17)6-7-16-10-12-8-11-4-5-13(18-2)9-14(11)12/h4-5,8-9,16H,3,6-7,10H2,1-2H3. The van der Waals surface area contributed by atoms with E-state index in [1.165, 1.54) is 16.7 Å². The highest BCUT2D eigenvalue weighted by atomic mass is 16.5. The fraction of sp³-hybridized carbons (Fsp3) is 0.400. The molecule has 0 spiro atoms. The van der Waals surface area contributed by atoms with E-state index in [1.807, 2.05) is 19.1 Å². The largest absolute Gasteiger partial charge is 0.497 e. The van der Waals surface area contributed by atoms with E-state index in [4.69, 9.17) is 9.47 Å². The first kappa shape index (κ1) is 13.6. The summed E-state index contributed by atoms with van der Waals surface area (Å²) in [5.74, 6) is 0.718. The van der Waals surface area contributed by atoms with Crippen LogP contribution < -0.4 is 10.1 Å². The molecule has 1 aliphatic rings. The van der Waals surface area contributed by atoms with Gasteiger partial charge in [-0.25, -0.2) is 0 Å². The Morgan fingerprint density at radius 2 is 2.21 bits per heavy atom. The zero-order valence-electron chi connectivity index (χ0n) is 11.4. The Labute approximate surface area is 113 Å². The molecule has 1 aromatic carbocycles. The van der Waals surface area contributed by atoms with E-state index in [0.29, 0.717) is 19.6 Å². The van der Waals surface area contributed by atoms with Gasteiger partial charge in [-0.05, 0) is 41.8 Å². The van der Waals surface area contributed by atoms with Crippen molar-refractivity contribution in [2.45, 2.75) is 13.3 Å². The van der Waals surface area contributed by atoms with Gasteiger partial charge >= 0.3 is 5.97 Å². The van der Waals surface area contributed by atoms with Crippen LogP contribution in [0.25, 0.3) is 11.6 Å². The minimum absolute atomic E-state index is 0.153. The Hall–Kier alpha value is -1.81. The van der Waals surface area contributed by atoms with Gasteiger partial charge in [0.25, 0.3) is 0 Å². The molecule has 19 heavy (non-hydrogen) atoms. The van der Waals surface area contributed by atoms with Crippen LogP contribution in [0.1, 0.15) is 24.5 Å². The van der Waals surface area contributed by atoms with Crippen LogP contribution in [0.4, 0.5) is 0 Å². The highest BCUT2D eigenvalue weighted by Crippen LogP contribution is 2.34. The van der Waals surface area contributed by atoms with Crippen molar-refractivity contribution in [3.63, 3.8) is 0 Å². The minimum Gasteiger partial charge on any atom is -0.497 e. The molecule has 0 aromatic heterocycles. The average molecular weight is 261 g/mol. The first-order valence-electron chi connectivity index (χ1n) is 6.50. The Bertz CT molecular complexity index is 494. The number of benzene rings is 1. The Morgan fingerprint density at radius 3 is 2.95 bits per heavy atom. The molecule has 0 fully saturated rings. The first-order valence-corrected chi connectivity index (χ1v) is 6.50. The minimum atomic E-state index is -0.153. The van der Waals surface area contributed by atoms with E-state index in [0.717, 1.165) is 12.3 Å². The number of nitrogens with one attached hydrogen (secondary N) is 1. The topological polar surface area (TPSA) is 47.6 Å². The molecule has 1 aliphatic carbocycles. The Morgan fingerprint density at radius 1 is 1.37 bits per heavy atom. The molecule has 0 atom stereocenters. The van der Waals surface area contributed by atoms with E-state index >= 15 is 0 Å². The van der Waals surface area contributed by atoms with E-state index in [1.54, 1.807) is 7.11 Å². The lowest BCUT2D eigenvalue weighted by molar-refractivity contribution is -0.142. The van der Waals surface area contributed by atoms with Gasteiger partial charge in [0.05, 0.1) is 20.1 Å². The van der Waals surface area contributed by atoms with Gasteiger partial charge in [0.15, 0.2) is 0 Å². The third kappa shape index (κ3) is 3.35. The van der Waals surface area contributed by atoms with Crippen molar-refractivity contribution < 1.29 is 14.3 Å². The molecule has 4 heteroatoms. The summed E-state index contributed by atoms with van der Waals surface area (Å²) >= 11 is 0. The molecule has 0 radical (unpaired) electrons. The second-order valence-corrected chi connectivity index (χ2v) is 4.35. The van der Waals surface area contributed by atoms with Crippen molar-refractivity contribution in [1.82, 2.24) is 5.32 Å². The molecule has 2 rings (SSSR count). The lowest BCUT2D eigenvalue weighted by Gasteiger charge is -2.21. The molecule has 4 nitrogen and oxygen atoms in total. The monoisotopic (exact) mass is 261 g/mol. The third-order valence-electron chi connectivity index (χ3n) is 3.06. The van der Waals surface area contributed by atoms with Crippen molar-refractivity contribution in [3.05, 3.63) is 29.3 Å². The number of carbonyl (C=O) groups excluding carboxylic acids is 1. The van der Waals surface area contributed by atoms with Gasteiger partial charge in [-0.1, -0.05) is 6.07 Å². The smallest absolute Gasteiger partial charge is 0.307 e. The molecule has 0 unspecified atom stereocenters. The number of rotatable bonds is 7. The van der Waals surface area contributed by atoms with Crippen LogP contribution >= 0.6 is 0 Å². The fourth-order valence-electron chi connectivity index (χ4n) is 2.05. The zero-order valence-corrected chi connectivity index (χ0v) is 11.4. The third-order valence-corrected chi connectivity index (χ3v) is 3.06. The zero-order chi connectivity index (χ0) is 13.7. The summed E-state index contributed by atoms with van der Waals surface area (Å²) in [6.07, 6.45) is 2.55. The van der Waals surface area contributed by atoms with E-state index in [-0.39, 0.29) is 5.97 Å². The molecule has 0 bridgehead atoms. The van der Waals surface area contributed by atoms with Gasteiger partial charge < -0.3 is 14.8 Å². The number of carbonyl (C=O) groups is 1. The maximum absolute atomic E-state index is 11.2. The second-order valence-electron chi connectivity index (χ2n) is 4.35. The SMILES string of the molecule is CCOC(=O)CCNCC1=Cc2ccc(OC)cc21. The van der Waals surface area contributed by atoms with Crippen LogP contribution in [0, 0.1) is 0 Å². The predicted molar refractivity (Wildman–Crippen MR) is 75.0 cm³/mol. The predicted octanol–water partition coefficient (Wildman–Crippen LogP) is 2.09. The Balaban J connectivity index is 1.75. The number of fused-ring (bicyclic) bond motifs is 1. The maximum atomic E-state index is 11.2. The maximum Gasteiger partial charge on any atom is 0.307 e. The number of hydrogen-bond acceptors (Lipinski definition) is 4. The molecule has 0 saturated carbocycles. The van der Waals surface area contributed by atoms with Crippen LogP contribution in [-0.4, -0.2) is 32.8 Å². The van der Waals surface area contributed by atoms with Crippen molar-refractivity contribution in [2.75, 3.05) is 26.8 Å². The summed E-state index contributed by atoms with van der Waals surface area (Å²) in [6.45, 7) is 3.65. The lowest BCUT2D eigenvalue weighted by atomic mass is 9.88. The molecule has 1 N–H and O–H groups in total. The second kappa shape index (κ2) is 6.38. The van der Waals surface area contributed by atoms with Crippen molar-refractivity contribution in [1.29, 1.82) is 0 Å². The molecule has 0 heterocycles. The van der Waals surface area contributed by atoms with Crippen LogP contribution in [0.2, 0.25) is 0 Å². The number of methoxy groups -OCH3 is 1. The molecular weight excluding hydrogens is 242 g/mol. The van der Waals surface area contributed by atoms with Crippen LogP contribution in [-0.2, 0) is 9.53 Å². The van der Waals surface area contributed by atoms with Gasteiger partial charge in [0, 0.05) is 13.1 Å². The highest BCUT2D eigenvalue weighted by Gasteiger charge is 2.16. The summed E-state index contributed by atoms with van der Waals surface area (Å²) in [7, 11) is 1.67. The van der Waals surface area contributed by atoms with Crippen molar-refractivity contribution in [2.24, 2.45) is 0 Å². The lowest BCUT2D eigenvalue weighted by Crippen LogP contribution is -2.23. The summed E-state index contributed by atoms with van der Waals surface area (Å²) in [6, 6.07) is 6.05. The summed E-state index contributed by atoms with van der Waals surface area (Å²) in [5, 5.41) is 3.25. The number of hydrogen-bond donors (Lipinski definition) is 1. The molecule has 0 saturated heterocycles. The van der Waals surface area contributed by atoms with Crippen molar-refractivity contribution in [3.8, 4) is 5.75 Å². The normalized spacial score (nSPS) is 12.2. The van der Waals surface area contributed by atoms with Crippen LogP contribution in [0.3, 0.4) is 0 Å². The van der Waals surface area contributed by atoms with E-state index < -0.39 is 0 Å². The summed E-state index contributed by atoms with van der Waals surface area (Å²) in [4.78, 5) is 11.2. The van der Waals surface area contributed by atoms with Gasteiger partial charge in [-0.3, -0.25) is 4.79 Å². The number of ether oxygens (including phenoxy) is 2. The van der Waals surface area contributed by atoms with Gasteiger partial charge in [-0.15, -0.1) is 0 Å². The van der Waals surface area contributed by atoms with Gasteiger partial charge in [0.2, 0.25) is 0 Å². The highest BCUT2D eigenvalue weighted by molar-refractivity contribution is 5.96. The summed E-state index contributed by atoms with van der Waals surface area (Å²) < 4.78 is 10.1. The molecule has 0 aliphatic heterocycles. The van der Waals surface area contributed by atoms with E-state index in [9.17, 15) is 4.79 Å².